The molecule has 2 aromatic heterocycles. The molecule has 30 heavy (non-hydrogen) atoms. The van der Waals surface area contributed by atoms with Gasteiger partial charge in [-0.3, -0.25) is 9.69 Å². The van der Waals surface area contributed by atoms with Crippen LogP contribution in [0.1, 0.15) is 68.7 Å². The Morgan fingerprint density at radius 3 is 2.87 bits per heavy atom. The first kappa shape index (κ1) is 19.7. The Morgan fingerprint density at radius 1 is 1.17 bits per heavy atom. The lowest BCUT2D eigenvalue weighted by atomic mass is 10.1. The van der Waals surface area contributed by atoms with Crippen molar-refractivity contribution < 1.29 is 4.79 Å². The molecule has 0 spiro atoms. The maximum atomic E-state index is 12.6. The quantitative estimate of drug-likeness (QED) is 0.655. The van der Waals surface area contributed by atoms with Gasteiger partial charge in [-0.2, -0.15) is 0 Å². The Bertz CT molecular complexity index is 868. The molecule has 2 aliphatic carbocycles. The predicted molar refractivity (Wildman–Crippen MR) is 117 cm³/mol. The molecule has 160 valence electrons. The minimum atomic E-state index is 0.173. The first-order chi connectivity index (χ1) is 14.8. The summed E-state index contributed by atoms with van der Waals surface area (Å²) in [6, 6.07) is 6.85. The Kier molecular flexibility index (Phi) is 5.84. The molecule has 1 unspecified atom stereocenters. The Balaban J connectivity index is 1.06. The Morgan fingerprint density at radius 2 is 2.03 bits per heavy atom. The number of carbonyl (C=O) groups is 1. The molecule has 1 amide bonds. The van der Waals surface area contributed by atoms with E-state index >= 15 is 0 Å². The van der Waals surface area contributed by atoms with Crippen LogP contribution in [0.4, 0.5) is 0 Å². The summed E-state index contributed by atoms with van der Waals surface area (Å²) >= 11 is 0. The second-order valence-corrected chi connectivity index (χ2v) is 9.29. The van der Waals surface area contributed by atoms with Gasteiger partial charge in [-0.15, -0.1) is 0 Å². The molecular formula is C24H33N5O. The standard InChI is InChI=1S/C24H33N5O/c30-24(18-12-14-29(16-18)20-7-1-2-8-20)25-13-4-6-19-5-3-9-21(27-19)23-26-15-22(28-23)17-10-11-17/h3,5,9,15,17-18,20H,1-2,4,6-8,10-14,16H2,(H,25,30)(H,26,28). The van der Waals surface area contributed by atoms with E-state index in [0.717, 1.165) is 62.2 Å². The van der Waals surface area contributed by atoms with Crippen molar-refractivity contribution in [3.05, 3.63) is 35.8 Å². The summed E-state index contributed by atoms with van der Waals surface area (Å²) in [5.41, 5.74) is 3.19. The molecule has 5 rings (SSSR count). The minimum absolute atomic E-state index is 0.173. The number of imidazole rings is 1. The van der Waals surface area contributed by atoms with Crippen LogP contribution in [-0.4, -0.2) is 51.4 Å². The number of H-pyrrole nitrogens is 1. The SMILES string of the molecule is O=C(NCCCc1cccc(-c2ncc(C3CC3)[nH]2)n1)C1CCN(C2CCCC2)C1. The Hall–Kier alpha value is -2.21. The van der Waals surface area contributed by atoms with Crippen LogP contribution in [0.15, 0.2) is 24.4 Å². The van der Waals surface area contributed by atoms with Gasteiger partial charge in [-0.1, -0.05) is 18.9 Å². The molecule has 1 saturated heterocycles. The van der Waals surface area contributed by atoms with Gasteiger partial charge in [-0.25, -0.2) is 9.97 Å². The highest BCUT2D eigenvalue weighted by Gasteiger charge is 2.33. The maximum absolute atomic E-state index is 12.6. The fourth-order valence-electron chi connectivity index (χ4n) is 5.05. The van der Waals surface area contributed by atoms with Crippen LogP contribution < -0.4 is 5.32 Å². The number of nitrogens with one attached hydrogen (secondary N) is 2. The van der Waals surface area contributed by atoms with E-state index in [0.29, 0.717) is 5.92 Å². The summed E-state index contributed by atoms with van der Waals surface area (Å²) in [6.45, 7) is 2.76. The number of hydrogen-bond acceptors (Lipinski definition) is 4. The second-order valence-electron chi connectivity index (χ2n) is 9.29. The number of hydrogen-bond donors (Lipinski definition) is 2. The molecule has 0 radical (unpaired) electrons. The van der Waals surface area contributed by atoms with Crippen molar-refractivity contribution in [2.45, 2.75) is 69.7 Å². The summed E-state index contributed by atoms with van der Waals surface area (Å²) < 4.78 is 0. The average Bonchev–Trinajstić information content (AvgIpc) is 3.21. The van der Waals surface area contributed by atoms with Gasteiger partial charge in [0.1, 0.15) is 5.69 Å². The number of likely N-dealkylation sites (tertiary alicyclic amines) is 1. The molecule has 6 heteroatoms. The highest BCUT2D eigenvalue weighted by Crippen LogP contribution is 2.39. The molecular weight excluding hydrogens is 374 g/mol. The third-order valence-corrected chi connectivity index (χ3v) is 7.00. The van der Waals surface area contributed by atoms with E-state index in [4.69, 9.17) is 4.98 Å². The molecule has 2 N–H and O–H groups in total. The predicted octanol–water partition coefficient (Wildman–Crippen LogP) is 3.66. The summed E-state index contributed by atoms with van der Waals surface area (Å²) in [5.74, 6) is 1.94. The van der Waals surface area contributed by atoms with Crippen molar-refractivity contribution in [2.75, 3.05) is 19.6 Å². The summed E-state index contributed by atoms with van der Waals surface area (Å²) in [5, 5.41) is 3.16. The van der Waals surface area contributed by atoms with E-state index in [1.54, 1.807) is 0 Å². The Labute approximate surface area is 178 Å². The van der Waals surface area contributed by atoms with Crippen molar-refractivity contribution in [3.8, 4) is 11.5 Å². The van der Waals surface area contributed by atoms with Crippen molar-refractivity contribution >= 4 is 5.91 Å². The van der Waals surface area contributed by atoms with Crippen LogP contribution in [0.3, 0.4) is 0 Å². The van der Waals surface area contributed by atoms with E-state index in [1.165, 1.54) is 44.2 Å². The zero-order chi connectivity index (χ0) is 20.3. The minimum Gasteiger partial charge on any atom is -0.356 e. The van der Waals surface area contributed by atoms with Crippen molar-refractivity contribution in [3.63, 3.8) is 0 Å². The number of carbonyl (C=O) groups excluding carboxylic acids is 1. The number of aromatic amines is 1. The number of aromatic nitrogens is 3. The molecule has 0 aromatic carbocycles. The van der Waals surface area contributed by atoms with Crippen LogP contribution in [0, 0.1) is 5.92 Å². The van der Waals surface area contributed by atoms with Gasteiger partial charge in [0.05, 0.1) is 5.92 Å². The maximum Gasteiger partial charge on any atom is 0.224 e. The highest BCUT2D eigenvalue weighted by molar-refractivity contribution is 5.79. The molecule has 3 fully saturated rings. The first-order valence-corrected chi connectivity index (χ1v) is 11.8. The van der Waals surface area contributed by atoms with Gasteiger partial charge in [0.25, 0.3) is 0 Å². The lowest BCUT2D eigenvalue weighted by molar-refractivity contribution is -0.124. The fourth-order valence-corrected chi connectivity index (χ4v) is 5.05. The van der Waals surface area contributed by atoms with Crippen LogP contribution in [0.5, 0.6) is 0 Å². The van der Waals surface area contributed by atoms with Gasteiger partial charge in [-0.05, 0) is 63.6 Å². The molecule has 3 aliphatic rings. The molecule has 3 heterocycles. The van der Waals surface area contributed by atoms with Crippen molar-refractivity contribution in [1.82, 2.24) is 25.2 Å². The summed E-state index contributed by atoms with van der Waals surface area (Å²) in [7, 11) is 0. The number of pyridine rings is 1. The smallest absolute Gasteiger partial charge is 0.224 e. The molecule has 1 aliphatic heterocycles. The van der Waals surface area contributed by atoms with Crippen LogP contribution in [-0.2, 0) is 11.2 Å². The molecule has 1 atom stereocenters. The molecule has 0 bridgehead atoms. The van der Waals surface area contributed by atoms with E-state index < -0.39 is 0 Å². The number of aryl methyl sites for hydroxylation is 1. The van der Waals surface area contributed by atoms with Crippen LogP contribution >= 0.6 is 0 Å². The fraction of sp³-hybridized carbons (Fsp3) is 0.625. The van der Waals surface area contributed by atoms with Gasteiger partial charge in [0.15, 0.2) is 5.82 Å². The number of nitrogens with zero attached hydrogens (tertiary/aromatic N) is 3. The van der Waals surface area contributed by atoms with Gasteiger partial charge >= 0.3 is 0 Å². The van der Waals surface area contributed by atoms with Crippen LogP contribution in [0.2, 0.25) is 0 Å². The van der Waals surface area contributed by atoms with Crippen LogP contribution in [0.25, 0.3) is 11.5 Å². The second kappa shape index (κ2) is 8.88. The lowest BCUT2D eigenvalue weighted by Crippen LogP contribution is -2.36. The third-order valence-electron chi connectivity index (χ3n) is 7.00. The van der Waals surface area contributed by atoms with Crippen molar-refractivity contribution in [2.24, 2.45) is 5.92 Å². The molecule has 2 aromatic rings. The number of amides is 1. The van der Waals surface area contributed by atoms with Gasteiger partial charge in [0, 0.05) is 42.6 Å². The zero-order valence-corrected chi connectivity index (χ0v) is 17.8. The van der Waals surface area contributed by atoms with E-state index in [1.807, 2.05) is 18.3 Å². The van der Waals surface area contributed by atoms with E-state index in [2.05, 4.69) is 26.3 Å². The molecule has 2 saturated carbocycles. The van der Waals surface area contributed by atoms with E-state index in [-0.39, 0.29) is 11.8 Å². The number of rotatable bonds is 8. The van der Waals surface area contributed by atoms with Gasteiger partial charge in [0.2, 0.25) is 5.91 Å². The molecule has 6 nitrogen and oxygen atoms in total. The monoisotopic (exact) mass is 407 g/mol. The average molecular weight is 408 g/mol. The normalized spacial score (nSPS) is 22.6. The third kappa shape index (κ3) is 4.59. The zero-order valence-electron chi connectivity index (χ0n) is 17.8. The topological polar surface area (TPSA) is 73.9 Å². The lowest BCUT2D eigenvalue weighted by Gasteiger charge is -2.23. The van der Waals surface area contributed by atoms with Gasteiger partial charge < -0.3 is 10.3 Å². The summed E-state index contributed by atoms with van der Waals surface area (Å²) in [6.07, 6.45) is 12.6. The largest absolute Gasteiger partial charge is 0.356 e. The summed E-state index contributed by atoms with van der Waals surface area (Å²) in [4.78, 5) is 27.8. The highest BCUT2D eigenvalue weighted by atomic mass is 16.1. The van der Waals surface area contributed by atoms with Crippen molar-refractivity contribution in [1.29, 1.82) is 0 Å². The first-order valence-electron chi connectivity index (χ1n) is 11.8. The van der Waals surface area contributed by atoms with E-state index in [9.17, 15) is 4.79 Å².